The summed E-state index contributed by atoms with van der Waals surface area (Å²) in [6.45, 7) is 4.84. The number of nitrogens with one attached hydrogen (secondary N) is 2. The van der Waals surface area contributed by atoms with E-state index in [0.29, 0.717) is 18.0 Å². The Morgan fingerprint density at radius 2 is 2.35 bits per heavy atom. The van der Waals surface area contributed by atoms with Crippen LogP contribution in [0, 0.1) is 0 Å². The average Bonchev–Trinajstić information content (AvgIpc) is 2.29. The van der Waals surface area contributed by atoms with Crippen LogP contribution in [0.4, 0.5) is 5.69 Å². The molecular weight excluding hydrogens is 218 g/mol. The van der Waals surface area contributed by atoms with Crippen LogP contribution in [0.2, 0.25) is 0 Å². The smallest absolute Gasteiger partial charge is 0.237 e. The molecule has 0 spiro atoms. The van der Waals surface area contributed by atoms with Gasteiger partial charge < -0.3 is 15.4 Å². The van der Waals surface area contributed by atoms with E-state index in [2.05, 4.69) is 15.6 Å². The fourth-order valence-electron chi connectivity index (χ4n) is 1.55. The summed E-state index contributed by atoms with van der Waals surface area (Å²) in [6, 6.07) is 3.68. The molecule has 17 heavy (non-hydrogen) atoms. The molecule has 1 atom stereocenters. The predicted molar refractivity (Wildman–Crippen MR) is 67.2 cm³/mol. The Kier molecular flexibility index (Phi) is 5.42. The highest BCUT2D eigenvalue weighted by atomic mass is 16.5. The number of nitrogens with zero attached hydrogens (tertiary/aromatic N) is 1. The van der Waals surface area contributed by atoms with Crippen molar-refractivity contribution < 1.29 is 9.53 Å². The van der Waals surface area contributed by atoms with Crippen molar-refractivity contribution >= 4 is 11.6 Å². The highest BCUT2D eigenvalue weighted by Crippen LogP contribution is 2.19. The van der Waals surface area contributed by atoms with Gasteiger partial charge in [-0.3, -0.25) is 4.79 Å². The minimum absolute atomic E-state index is 0.0512. The van der Waals surface area contributed by atoms with E-state index in [1.54, 1.807) is 18.3 Å². The summed E-state index contributed by atoms with van der Waals surface area (Å²) in [7, 11) is 1.53. The van der Waals surface area contributed by atoms with Crippen molar-refractivity contribution in [2.75, 3.05) is 19.0 Å². The summed E-state index contributed by atoms with van der Waals surface area (Å²) >= 11 is 0. The number of aromatic nitrogens is 1. The van der Waals surface area contributed by atoms with E-state index < -0.39 is 0 Å². The molecule has 0 aliphatic heterocycles. The zero-order chi connectivity index (χ0) is 12.7. The number of amides is 1. The van der Waals surface area contributed by atoms with Crippen LogP contribution in [-0.2, 0) is 4.79 Å². The molecular formula is C12H19N3O2. The SMILES string of the molecule is CCNC(C)CC(=O)Nc1cccnc1OC. The summed E-state index contributed by atoms with van der Waals surface area (Å²) in [5.74, 6) is 0.377. The molecule has 0 aliphatic rings. The second-order valence-electron chi connectivity index (χ2n) is 3.77. The van der Waals surface area contributed by atoms with Crippen LogP contribution in [0.15, 0.2) is 18.3 Å². The highest BCUT2D eigenvalue weighted by Gasteiger charge is 2.10. The van der Waals surface area contributed by atoms with Gasteiger partial charge in [0, 0.05) is 18.7 Å². The van der Waals surface area contributed by atoms with E-state index in [-0.39, 0.29) is 11.9 Å². The van der Waals surface area contributed by atoms with Gasteiger partial charge in [-0.25, -0.2) is 4.98 Å². The first-order valence-electron chi connectivity index (χ1n) is 5.69. The summed E-state index contributed by atoms with van der Waals surface area (Å²) in [5, 5.41) is 5.97. The van der Waals surface area contributed by atoms with Crippen LogP contribution in [0.3, 0.4) is 0 Å². The average molecular weight is 237 g/mol. The Bertz CT molecular complexity index is 369. The van der Waals surface area contributed by atoms with E-state index >= 15 is 0 Å². The zero-order valence-electron chi connectivity index (χ0n) is 10.5. The number of rotatable bonds is 6. The van der Waals surface area contributed by atoms with Crippen molar-refractivity contribution in [3.8, 4) is 5.88 Å². The summed E-state index contributed by atoms with van der Waals surface area (Å²) in [5.41, 5.74) is 0.601. The minimum atomic E-state index is -0.0512. The molecule has 0 bridgehead atoms. The van der Waals surface area contributed by atoms with E-state index in [1.165, 1.54) is 7.11 Å². The van der Waals surface area contributed by atoms with Gasteiger partial charge in [0.25, 0.3) is 0 Å². The Labute approximate surface area is 102 Å². The standard InChI is InChI=1S/C12H19N3O2/c1-4-13-9(2)8-11(16)15-10-6-5-7-14-12(10)17-3/h5-7,9,13H,4,8H2,1-3H3,(H,15,16). The number of carbonyl (C=O) groups is 1. The van der Waals surface area contributed by atoms with Crippen molar-refractivity contribution in [1.82, 2.24) is 10.3 Å². The first-order chi connectivity index (χ1) is 8.17. The van der Waals surface area contributed by atoms with Crippen molar-refractivity contribution in [3.63, 3.8) is 0 Å². The molecule has 1 amide bonds. The van der Waals surface area contributed by atoms with Crippen LogP contribution in [0.1, 0.15) is 20.3 Å². The van der Waals surface area contributed by atoms with E-state index in [4.69, 9.17) is 4.74 Å². The lowest BCUT2D eigenvalue weighted by Crippen LogP contribution is -2.30. The quantitative estimate of drug-likeness (QED) is 0.785. The molecule has 5 nitrogen and oxygen atoms in total. The third-order valence-electron chi connectivity index (χ3n) is 2.28. The van der Waals surface area contributed by atoms with Crippen molar-refractivity contribution in [1.29, 1.82) is 0 Å². The third-order valence-corrected chi connectivity index (χ3v) is 2.28. The molecule has 2 N–H and O–H groups in total. The number of ether oxygens (including phenoxy) is 1. The molecule has 0 aromatic carbocycles. The first-order valence-corrected chi connectivity index (χ1v) is 5.69. The third kappa shape index (κ3) is 4.40. The lowest BCUT2D eigenvalue weighted by molar-refractivity contribution is -0.116. The van der Waals surface area contributed by atoms with Gasteiger partial charge in [-0.05, 0) is 25.6 Å². The molecule has 0 fully saturated rings. The molecule has 1 heterocycles. The lowest BCUT2D eigenvalue weighted by atomic mass is 10.2. The maximum Gasteiger partial charge on any atom is 0.237 e. The first kappa shape index (κ1) is 13.4. The fourth-order valence-corrected chi connectivity index (χ4v) is 1.55. The van der Waals surface area contributed by atoms with Gasteiger partial charge in [0.1, 0.15) is 5.69 Å². The largest absolute Gasteiger partial charge is 0.480 e. The lowest BCUT2D eigenvalue weighted by Gasteiger charge is -2.13. The minimum Gasteiger partial charge on any atom is -0.480 e. The number of hydrogen-bond donors (Lipinski definition) is 2. The van der Waals surface area contributed by atoms with Gasteiger partial charge >= 0.3 is 0 Å². The molecule has 1 rings (SSSR count). The van der Waals surface area contributed by atoms with Crippen molar-refractivity contribution in [3.05, 3.63) is 18.3 Å². The Hall–Kier alpha value is -1.62. The van der Waals surface area contributed by atoms with Crippen LogP contribution in [0.5, 0.6) is 5.88 Å². The van der Waals surface area contributed by atoms with Crippen molar-refractivity contribution in [2.24, 2.45) is 0 Å². The van der Waals surface area contributed by atoms with Crippen LogP contribution in [0.25, 0.3) is 0 Å². The molecule has 0 aliphatic carbocycles. The Morgan fingerprint density at radius 3 is 3.00 bits per heavy atom. The Morgan fingerprint density at radius 1 is 1.59 bits per heavy atom. The predicted octanol–water partition coefficient (Wildman–Crippen LogP) is 1.42. The molecule has 0 saturated carbocycles. The van der Waals surface area contributed by atoms with Gasteiger partial charge in [0.2, 0.25) is 11.8 Å². The second kappa shape index (κ2) is 6.85. The molecule has 1 aromatic rings. The van der Waals surface area contributed by atoms with E-state index in [1.807, 2.05) is 13.8 Å². The molecule has 1 aromatic heterocycles. The maximum atomic E-state index is 11.7. The molecule has 0 saturated heterocycles. The fraction of sp³-hybridized carbons (Fsp3) is 0.500. The van der Waals surface area contributed by atoms with Crippen LogP contribution in [-0.4, -0.2) is 30.6 Å². The van der Waals surface area contributed by atoms with E-state index in [9.17, 15) is 4.79 Å². The maximum absolute atomic E-state index is 11.7. The van der Waals surface area contributed by atoms with Crippen LogP contribution >= 0.6 is 0 Å². The van der Waals surface area contributed by atoms with Gasteiger partial charge in [0.15, 0.2) is 0 Å². The second-order valence-corrected chi connectivity index (χ2v) is 3.77. The highest BCUT2D eigenvalue weighted by molar-refractivity contribution is 5.92. The summed E-state index contributed by atoms with van der Waals surface area (Å²) < 4.78 is 5.06. The van der Waals surface area contributed by atoms with E-state index in [0.717, 1.165) is 6.54 Å². The molecule has 1 unspecified atom stereocenters. The summed E-state index contributed by atoms with van der Waals surface area (Å²) in [6.07, 6.45) is 2.04. The zero-order valence-corrected chi connectivity index (χ0v) is 10.5. The number of carbonyl (C=O) groups excluding carboxylic acids is 1. The number of methoxy groups -OCH3 is 1. The molecule has 94 valence electrons. The normalized spacial score (nSPS) is 11.9. The topological polar surface area (TPSA) is 63.2 Å². The number of hydrogen-bond acceptors (Lipinski definition) is 4. The van der Waals surface area contributed by atoms with Gasteiger partial charge in [-0.15, -0.1) is 0 Å². The van der Waals surface area contributed by atoms with Gasteiger partial charge in [0.05, 0.1) is 7.11 Å². The number of pyridine rings is 1. The molecule has 5 heteroatoms. The Balaban J connectivity index is 2.55. The molecule has 0 radical (unpaired) electrons. The summed E-state index contributed by atoms with van der Waals surface area (Å²) in [4.78, 5) is 15.7. The van der Waals surface area contributed by atoms with Gasteiger partial charge in [-0.1, -0.05) is 6.92 Å². The number of anilines is 1. The van der Waals surface area contributed by atoms with Crippen molar-refractivity contribution in [2.45, 2.75) is 26.3 Å². The van der Waals surface area contributed by atoms with Crippen LogP contribution < -0.4 is 15.4 Å². The monoisotopic (exact) mass is 237 g/mol. The van der Waals surface area contributed by atoms with Gasteiger partial charge in [-0.2, -0.15) is 0 Å².